The molecule has 0 radical (unpaired) electrons. The Morgan fingerprint density at radius 2 is 2.11 bits per heavy atom. The summed E-state index contributed by atoms with van der Waals surface area (Å²) < 4.78 is 39.5. The second-order valence-electron chi connectivity index (χ2n) is 3.72. The largest absolute Gasteiger partial charge is 0.306 e. The van der Waals surface area contributed by atoms with Crippen molar-refractivity contribution in [2.75, 3.05) is 18.6 Å². The molecule has 0 aliphatic rings. The van der Waals surface area contributed by atoms with Crippen LogP contribution in [0.4, 0.5) is 10.1 Å². The third kappa shape index (κ3) is 3.88. The summed E-state index contributed by atoms with van der Waals surface area (Å²) in [7, 11) is -3.86. The lowest BCUT2D eigenvalue weighted by Gasteiger charge is -2.07. The zero-order valence-electron chi connectivity index (χ0n) is 10.3. The Morgan fingerprint density at radius 1 is 1.47 bits per heavy atom. The molecule has 0 spiro atoms. The van der Waals surface area contributed by atoms with E-state index in [1.54, 1.807) is 0 Å². The van der Waals surface area contributed by atoms with Crippen LogP contribution in [0, 0.1) is 22.9 Å². The van der Waals surface area contributed by atoms with E-state index < -0.39 is 26.5 Å². The number of halogens is 1. The summed E-state index contributed by atoms with van der Waals surface area (Å²) in [5.74, 6) is -0.449. The van der Waals surface area contributed by atoms with Crippen LogP contribution in [0.25, 0.3) is 0 Å². The Balaban J connectivity index is 3.17. The molecule has 9 heteroatoms. The van der Waals surface area contributed by atoms with Gasteiger partial charge in [-0.25, -0.2) is 13.1 Å². The smallest absolute Gasteiger partial charge is 0.258 e. The Morgan fingerprint density at radius 3 is 2.63 bits per heavy atom. The molecule has 1 aromatic rings. The number of nitro benzene ring substituents is 1. The zero-order chi connectivity index (χ0) is 14.6. The number of nitrogens with zero attached hydrogens (tertiary/aromatic N) is 1. The first-order valence-electron chi connectivity index (χ1n) is 5.22. The number of sulfonamides is 1. The van der Waals surface area contributed by atoms with Crippen LogP contribution in [-0.2, 0) is 10.0 Å². The van der Waals surface area contributed by atoms with Crippen LogP contribution in [0.1, 0.15) is 5.56 Å². The lowest BCUT2D eigenvalue weighted by atomic mass is 10.2. The van der Waals surface area contributed by atoms with Crippen LogP contribution >= 0.6 is 11.8 Å². The highest BCUT2D eigenvalue weighted by Crippen LogP contribution is 2.24. The maximum Gasteiger partial charge on any atom is 0.306 e. The summed E-state index contributed by atoms with van der Waals surface area (Å²) in [4.78, 5) is 9.41. The molecule has 19 heavy (non-hydrogen) atoms. The molecule has 0 aliphatic carbocycles. The van der Waals surface area contributed by atoms with Crippen molar-refractivity contribution in [2.45, 2.75) is 11.8 Å². The molecule has 0 aromatic heterocycles. The summed E-state index contributed by atoms with van der Waals surface area (Å²) in [6, 6.07) is 1.80. The van der Waals surface area contributed by atoms with Gasteiger partial charge in [0, 0.05) is 18.4 Å². The van der Waals surface area contributed by atoms with Crippen LogP contribution in [0.2, 0.25) is 0 Å². The van der Waals surface area contributed by atoms with Gasteiger partial charge in [0.2, 0.25) is 15.8 Å². The second kappa shape index (κ2) is 6.31. The molecular weight excluding hydrogens is 295 g/mol. The maximum absolute atomic E-state index is 13.5. The minimum Gasteiger partial charge on any atom is -0.258 e. The van der Waals surface area contributed by atoms with Crippen LogP contribution in [0.3, 0.4) is 0 Å². The maximum atomic E-state index is 13.5. The van der Waals surface area contributed by atoms with Crippen LogP contribution in [-0.4, -0.2) is 31.9 Å². The van der Waals surface area contributed by atoms with Crippen molar-refractivity contribution in [1.82, 2.24) is 4.72 Å². The molecule has 0 unspecified atom stereocenters. The van der Waals surface area contributed by atoms with E-state index in [0.29, 0.717) is 5.75 Å². The predicted octanol–water partition coefficient (Wildman–Crippen LogP) is 1.68. The molecule has 0 amide bonds. The zero-order valence-corrected chi connectivity index (χ0v) is 12.0. The van der Waals surface area contributed by atoms with Crippen molar-refractivity contribution in [3.8, 4) is 0 Å². The third-order valence-corrected chi connectivity index (χ3v) is 4.37. The number of nitrogens with one attached hydrogen (secondary N) is 1. The first kappa shape index (κ1) is 15.9. The molecule has 0 aliphatic heterocycles. The normalized spacial score (nSPS) is 11.5. The van der Waals surface area contributed by atoms with Crippen molar-refractivity contribution in [1.29, 1.82) is 0 Å². The number of aryl methyl sites for hydroxylation is 1. The standard InChI is InChI=1S/C10H13FN2O4S2/c1-7-5-8(6-9(10(7)11)13(14)15)19(16,17)12-3-4-18-2/h5-6,12H,3-4H2,1-2H3. The Bertz CT molecular complexity index is 589. The lowest BCUT2D eigenvalue weighted by Crippen LogP contribution is -2.26. The minimum atomic E-state index is -3.86. The van der Waals surface area contributed by atoms with Crippen molar-refractivity contribution >= 4 is 27.5 Å². The van der Waals surface area contributed by atoms with E-state index in [1.807, 2.05) is 6.26 Å². The molecule has 1 rings (SSSR count). The Kier molecular flexibility index (Phi) is 5.27. The minimum absolute atomic E-state index is 0.0839. The van der Waals surface area contributed by atoms with E-state index in [9.17, 15) is 22.9 Å². The fourth-order valence-corrected chi connectivity index (χ4v) is 2.94. The van der Waals surface area contributed by atoms with Crippen LogP contribution in [0.5, 0.6) is 0 Å². The number of thioether (sulfide) groups is 1. The highest BCUT2D eigenvalue weighted by Gasteiger charge is 2.23. The van der Waals surface area contributed by atoms with Gasteiger partial charge in [-0.1, -0.05) is 0 Å². The number of hydrogen-bond acceptors (Lipinski definition) is 5. The Labute approximate surface area is 114 Å². The van der Waals surface area contributed by atoms with Gasteiger partial charge >= 0.3 is 5.69 Å². The lowest BCUT2D eigenvalue weighted by molar-refractivity contribution is -0.387. The number of benzene rings is 1. The molecule has 0 bridgehead atoms. The quantitative estimate of drug-likeness (QED) is 0.490. The summed E-state index contributed by atoms with van der Waals surface area (Å²) in [5.41, 5.74) is -0.926. The summed E-state index contributed by atoms with van der Waals surface area (Å²) in [6.07, 6.45) is 1.82. The molecule has 1 aromatic carbocycles. The van der Waals surface area contributed by atoms with Crippen LogP contribution in [0.15, 0.2) is 17.0 Å². The molecule has 0 heterocycles. The van der Waals surface area contributed by atoms with Crippen molar-refractivity contribution < 1.29 is 17.7 Å². The van der Waals surface area contributed by atoms with Gasteiger partial charge in [0.1, 0.15) is 0 Å². The molecule has 1 N–H and O–H groups in total. The molecule has 106 valence electrons. The van der Waals surface area contributed by atoms with Crippen molar-refractivity contribution in [3.63, 3.8) is 0 Å². The fourth-order valence-electron chi connectivity index (χ4n) is 1.37. The van der Waals surface area contributed by atoms with Gasteiger partial charge in [-0.05, 0) is 24.8 Å². The predicted molar refractivity (Wildman–Crippen MR) is 71.4 cm³/mol. The van der Waals surface area contributed by atoms with Gasteiger partial charge in [0.15, 0.2) is 0 Å². The van der Waals surface area contributed by atoms with Gasteiger partial charge in [-0.2, -0.15) is 16.2 Å². The van der Waals surface area contributed by atoms with Gasteiger partial charge in [-0.3, -0.25) is 10.1 Å². The van der Waals surface area contributed by atoms with E-state index in [-0.39, 0.29) is 17.0 Å². The Hall–Kier alpha value is -1.19. The molecule has 0 fully saturated rings. The van der Waals surface area contributed by atoms with Gasteiger partial charge < -0.3 is 0 Å². The van der Waals surface area contributed by atoms with Crippen LogP contribution < -0.4 is 4.72 Å². The molecule has 0 atom stereocenters. The monoisotopic (exact) mass is 308 g/mol. The van der Waals surface area contributed by atoms with E-state index in [0.717, 1.165) is 12.1 Å². The average Bonchev–Trinajstić information content (AvgIpc) is 2.32. The highest BCUT2D eigenvalue weighted by atomic mass is 32.2. The number of hydrogen-bond donors (Lipinski definition) is 1. The molecule has 6 nitrogen and oxygen atoms in total. The SMILES string of the molecule is CSCCNS(=O)(=O)c1cc(C)c(F)c([N+](=O)[O-])c1. The van der Waals surface area contributed by atoms with Gasteiger partial charge in [0.05, 0.1) is 9.82 Å². The van der Waals surface area contributed by atoms with Gasteiger partial charge in [0.25, 0.3) is 0 Å². The van der Waals surface area contributed by atoms with Gasteiger partial charge in [-0.15, -0.1) is 0 Å². The first-order chi connectivity index (χ1) is 8.79. The molecule has 0 saturated carbocycles. The number of nitro groups is 1. The second-order valence-corrected chi connectivity index (χ2v) is 6.47. The van der Waals surface area contributed by atoms with E-state index in [4.69, 9.17) is 0 Å². The third-order valence-electron chi connectivity index (χ3n) is 2.31. The number of rotatable bonds is 6. The molecule has 0 saturated heterocycles. The summed E-state index contributed by atoms with van der Waals surface area (Å²) in [5, 5.41) is 10.7. The first-order valence-corrected chi connectivity index (χ1v) is 8.10. The van der Waals surface area contributed by atoms with Crippen molar-refractivity contribution in [3.05, 3.63) is 33.6 Å². The highest BCUT2D eigenvalue weighted by molar-refractivity contribution is 7.98. The van der Waals surface area contributed by atoms with Crippen molar-refractivity contribution in [2.24, 2.45) is 0 Å². The van der Waals surface area contributed by atoms with E-state index in [1.165, 1.54) is 18.7 Å². The summed E-state index contributed by atoms with van der Waals surface area (Å²) >= 11 is 1.46. The topological polar surface area (TPSA) is 89.3 Å². The molecular formula is C10H13FN2O4S2. The van der Waals surface area contributed by atoms with E-state index >= 15 is 0 Å². The fraction of sp³-hybridized carbons (Fsp3) is 0.400. The summed E-state index contributed by atoms with van der Waals surface area (Å²) in [6.45, 7) is 1.48. The van der Waals surface area contributed by atoms with E-state index in [2.05, 4.69) is 4.72 Å². The average molecular weight is 308 g/mol.